The molecule has 1 aliphatic rings. The normalized spacial score (nSPS) is 16.6. The lowest BCUT2D eigenvalue weighted by atomic mass is 9.93. The molecule has 0 aromatic carbocycles. The summed E-state index contributed by atoms with van der Waals surface area (Å²) in [5, 5.41) is 16.2. The quantitative estimate of drug-likeness (QED) is 0.570. The van der Waals surface area contributed by atoms with Gasteiger partial charge in [0.05, 0.1) is 5.56 Å². The molecule has 2 heterocycles. The first-order valence-electron chi connectivity index (χ1n) is 6.94. The Bertz CT molecular complexity index is 605. The first-order valence-corrected chi connectivity index (χ1v) is 6.94. The van der Waals surface area contributed by atoms with Crippen LogP contribution in [0.1, 0.15) is 24.0 Å². The summed E-state index contributed by atoms with van der Waals surface area (Å²) in [6.07, 6.45) is 4.98. The highest BCUT2D eigenvalue weighted by molar-refractivity contribution is 5.89. The van der Waals surface area contributed by atoms with Crippen molar-refractivity contribution in [2.24, 2.45) is 17.4 Å². The van der Waals surface area contributed by atoms with E-state index in [0.29, 0.717) is 11.3 Å². The Morgan fingerprint density at radius 1 is 1.48 bits per heavy atom. The van der Waals surface area contributed by atoms with E-state index >= 15 is 0 Å². The van der Waals surface area contributed by atoms with E-state index in [9.17, 15) is 0 Å². The van der Waals surface area contributed by atoms with Gasteiger partial charge in [-0.25, -0.2) is 4.98 Å². The van der Waals surface area contributed by atoms with Crippen molar-refractivity contribution in [3.8, 4) is 6.07 Å². The third kappa shape index (κ3) is 3.51. The van der Waals surface area contributed by atoms with Crippen LogP contribution in [-0.2, 0) is 0 Å². The smallest absolute Gasteiger partial charge is 0.128 e. The maximum atomic E-state index is 8.94. The summed E-state index contributed by atoms with van der Waals surface area (Å²) in [4.78, 5) is 6.56. The van der Waals surface area contributed by atoms with Gasteiger partial charge in [0.15, 0.2) is 0 Å². The third-order valence-corrected chi connectivity index (χ3v) is 3.83. The summed E-state index contributed by atoms with van der Waals surface area (Å²) in [6, 6.07) is 4.08. The Labute approximate surface area is 124 Å². The molecule has 21 heavy (non-hydrogen) atoms. The Morgan fingerprint density at radius 2 is 2.14 bits per heavy atom. The van der Waals surface area contributed by atoms with Crippen molar-refractivity contribution < 1.29 is 0 Å². The minimum Gasteiger partial charge on any atom is -0.402 e. The van der Waals surface area contributed by atoms with E-state index in [-0.39, 0.29) is 11.8 Å². The van der Waals surface area contributed by atoms with E-state index in [4.69, 9.17) is 22.1 Å². The molecule has 0 spiro atoms. The zero-order valence-corrected chi connectivity index (χ0v) is 12.1. The number of hydrogen-bond donors (Lipinski definition) is 3. The third-order valence-electron chi connectivity index (χ3n) is 3.83. The molecule has 1 aromatic rings. The van der Waals surface area contributed by atoms with Gasteiger partial charge in [-0.1, -0.05) is 0 Å². The lowest BCUT2D eigenvalue weighted by Gasteiger charge is -2.33. The topological polar surface area (TPSA) is 116 Å². The van der Waals surface area contributed by atoms with Gasteiger partial charge >= 0.3 is 0 Å². The van der Waals surface area contributed by atoms with Crippen molar-refractivity contribution in [3.05, 3.63) is 35.2 Å². The maximum Gasteiger partial charge on any atom is 0.128 e. The molecule has 1 saturated heterocycles. The van der Waals surface area contributed by atoms with Crippen LogP contribution in [0.5, 0.6) is 0 Å². The van der Waals surface area contributed by atoms with Gasteiger partial charge in [-0.15, -0.1) is 0 Å². The van der Waals surface area contributed by atoms with E-state index in [2.05, 4.69) is 16.0 Å². The Hall–Kier alpha value is -2.55. The standard InChI is InChI=1S/C15H20N6/c1-10-6-15(20-9-12(10)8-16)21-4-2-11(3-5-21)13(17)7-14(18)19/h6-7,9,11H,2-5,17H2,1H3,(H3,18,19). The van der Waals surface area contributed by atoms with E-state index in [1.807, 2.05) is 13.0 Å². The number of anilines is 1. The number of aromatic nitrogens is 1. The molecule has 1 aromatic heterocycles. The summed E-state index contributed by atoms with van der Waals surface area (Å²) in [7, 11) is 0. The van der Waals surface area contributed by atoms with Gasteiger partial charge in [0.1, 0.15) is 17.7 Å². The summed E-state index contributed by atoms with van der Waals surface area (Å²) in [6.45, 7) is 3.63. The van der Waals surface area contributed by atoms with Gasteiger partial charge in [0.2, 0.25) is 0 Å². The van der Waals surface area contributed by atoms with Gasteiger partial charge in [-0.05, 0) is 37.5 Å². The number of piperidine rings is 1. The van der Waals surface area contributed by atoms with Crippen LogP contribution in [-0.4, -0.2) is 23.9 Å². The first kappa shape index (κ1) is 14.9. The number of nitrogens with one attached hydrogen (secondary N) is 1. The molecule has 0 radical (unpaired) electrons. The van der Waals surface area contributed by atoms with Crippen LogP contribution in [0, 0.1) is 29.6 Å². The second kappa shape index (κ2) is 6.27. The SMILES string of the molecule is Cc1cc(N2CCC(C(N)=CC(=N)N)CC2)ncc1C#N. The molecule has 0 atom stereocenters. The second-order valence-corrected chi connectivity index (χ2v) is 5.33. The molecule has 0 unspecified atom stereocenters. The molecule has 5 N–H and O–H groups in total. The fourth-order valence-electron chi connectivity index (χ4n) is 2.57. The maximum absolute atomic E-state index is 8.94. The number of amidine groups is 1. The van der Waals surface area contributed by atoms with Gasteiger partial charge in [-0.3, -0.25) is 5.41 Å². The fourth-order valence-corrected chi connectivity index (χ4v) is 2.57. The molecule has 1 fully saturated rings. The van der Waals surface area contributed by atoms with E-state index in [1.165, 1.54) is 6.08 Å². The van der Waals surface area contributed by atoms with Crippen LogP contribution in [0.2, 0.25) is 0 Å². The average molecular weight is 284 g/mol. The van der Waals surface area contributed by atoms with Crippen molar-refractivity contribution in [1.82, 2.24) is 4.98 Å². The van der Waals surface area contributed by atoms with Crippen molar-refractivity contribution in [2.75, 3.05) is 18.0 Å². The molecule has 0 bridgehead atoms. The molecular weight excluding hydrogens is 264 g/mol. The van der Waals surface area contributed by atoms with Crippen LogP contribution < -0.4 is 16.4 Å². The van der Waals surface area contributed by atoms with Crippen LogP contribution >= 0.6 is 0 Å². The molecule has 6 heteroatoms. The number of allylic oxidation sites excluding steroid dienone is 1. The summed E-state index contributed by atoms with van der Waals surface area (Å²) in [5.74, 6) is 1.17. The summed E-state index contributed by atoms with van der Waals surface area (Å²) in [5.41, 5.74) is 13.6. The lowest BCUT2D eigenvalue weighted by Crippen LogP contribution is -2.36. The number of nitrogens with two attached hydrogens (primary N) is 2. The predicted molar refractivity (Wildman–Crippen MR) is 82.8 cm³/mol. The first-order chi connectivity index (χ1) is 10.0. The van der Waals surface area contributed by atoms with Gasteiger partial charge in [0, 0.05) is 30.9 Å². The zero-order chi connectivity index (χ0) is 15.4. The molecule has 6 nitrogen and oxygen atoms in total. The molecular formula is C15H20N6. The molecule has 0 amide bonds. The fraction of sp³-hybridized carbons (Fsp3) is 0.400. The van der Waals surface area contributed by atoms with Crippen molar-refractivity contribution >= 4 is 11.7 Å². The number of rotatable bonds is 3. The summed E-state index contributed by atoms with van der Waals surface area (Å²) >= 11 is 0. The van der Waals surface area contributed by atoms with Gasteiger partial charge in [0.25, 0.3) is 0 Å². The number of hydrogen-bond acceptors (Lipinski definition) is 5. The van der Waals surface area contributed by atoms with Crippen LogP contribution in [0.3, 0.4) is 0 Å². The van der Waals surface area contributed by atoms with E-state index < -0.39 is 0 Å². The minimum atomic E-state index is -0.000636. The molecule has 0 saturated carbocycles. The van der Waals surface area contributed by atoms with Gasteiger partial charge < -0.3 is 16.4 Å². The predicted octanol–water partition coefficient (Wildman–Crippen LogP) is 1.26. The highest BCUT2D eigenvalue weighted by atomic mass is 15.2. The van der Waals surface area contributed by atoms with Crippen LogP contribution in [0.25, 0.3) is 0 Å². The summed E-state index contributed by atoms with van der Waals surface area (Å²) < 4.78 is 0. The van der Waals surface area contributed by atoms with Crippen molar-refractivity contribution in [3.63, 3.8) is 0 Å². The Balaban J connectivity index is 2.03. The number of nitrogens with zero attached hydrogens (tertiary/aromatic N) is 3. The van der Waals surface area contributed by atoms with E-state index in [1.54, 1.807) is 6.20 Å². The average Bonchev–Trinajstić information content (AvgIpc) is 2.46. The highest BCUT2D eigenvalue weighted by Gasteiger charge is 2.22. The van der Waals surface area contributed by atoms with Crippen molar-refractivity contribution in [1.29, 1.82) is 10.7 Å². The largest absolute Gasteiger partial charge is 0.402 e. The van der Waals surface area contributed by atoms with E-state index in [0.717, 1.165) is 37.3 Å². The zero-order valence-electron chi connectivity index (χ0n) is 12.1. The molecule has 110 valence electrons. The van der Waals surface area contributed by atoms with Crippen molar-refractivity contribution in [2.45, 2.75) is 19.8 Å². The minimum absolute atomic E-state index is 0.000636. The molecule has 1 aliphatic heterocycles. The van der Waals surface area contributed by atoms with Crippen LogP contribution in [0.4, 0.5) is 5.82 Å². The monoisotopic (exact) mass is 284 g/mol. The number of pyridine rings is 1. The molecule has 0 aliphatic carbocycles. The second-order valence-electron chi connectivity index (χ2n) is 5.33. The van der Waals surface area contributed by atoms with Crippen LogP contribution in [0.15, 0.2) is 24.0 Å². The molecule has 2 rings (SSSR count). The number of nitriles is 1. The Morgan fingerprint density at radius 3 is 2.67 bits per heavy atom. The lowest BCUT2D eigenvalue weighted by molar-refractivity contribution is 0.453. The highest BCUT2D eigenvalue weighted by Crippen LogP contribution is 2.25. The Kier molecular flexibility index (Phi) is 4.43. The van der Waals surface area contributed by atoms with Gasteiger partial charge in [-0.2, -0.15) is 5.26 Å². The number of aryl methyl sites for hydroxylation is 1.